The fraction of sp³-hybridized carbons (Fsp3) is 0.267. The van der Waals surface area contributed by atoms with Gasteiger partial charge >= 0.3 is 0 Å². The molecule has 0 aliphatic heterocycles. The zero-order valence-corrected chi connectivity index (χ0v) is 13.3. The van der Waals surface area contributed by atoms with Gasteiger partial charge in [-0.15, -0.1) is 0 Å². The topological polar surface area (TPSA) is 69.0 Å². The van der Waals surface area contributed by atoms with Crippen molar-refractivity contribution < 1.29 is 4.42 Å². The van der Waals surface area contributed by atoms with Crippen molar-refractivity contribution in [3.63, 3.8) is 0 Å². The number of fused-ring (bicyclic) bond motifs is 1. The number of benzene rings is 1. The van der Waals surface area contributed by atoms with E-state index in [9.17, 15) is 0 Å². The second-order valence-electron chi connectivity index (χ2n) is 4.94. The van der Waals surface area contributed by atoms with Gasteiger partial charge in [-0.1, -0.05) is 19.1 Å². The van der Waals surface area contributed by atoms with Crippen molar-refractivity contribution in [2.45, 2.75) is 25.9 Å². The predicted molar refractivity (Wildman–Crippen MR) is 85.6 cm³/mol. The molecule has 21 heavy (non-hydrogen) atoms. The molecule has 1 unspecified atom stereocenters. The first-order valence-electron chi connectivity index (χ1n) is 6.89. The Morgan fingerprint density at radius 2 is 2.33 bits per heavy atom. The molecule has 0 amide bonds. The molecule has 0 saturated carbocycles. The molecule has 6 heteroatoms. The van der Waals surface area contributed by atoms with E-state index in [2.05, 4.69) is 33.4 Å². The van der Waals surface area contributed by atoms with E-state index < -0.39 is 0 Å². The number of aryl methyl sites for hydroxylation is 1. The normalized spacial score (nSPS) is 12.9. The maximum Gasteiger partial charge on any atom is 0.148 e. The minimum atomic E-state index is -0.213. The Balaban J connectivity index is 1.98. The second kappa shape index (κ2) is 6.01. The third-order valence-corrected chi connectivity index (χ3v) is 4.03. The number of halogens is 1. The highest BCUT2D eigenvalue weighted by Gasteiger charge is 2.19. The van der Waals surface area contributed by atoms with Gasteiger partial charge in [-0.2, -0.15) is 5.10 Å². The van der Waals surface area contributed by atoms with E-state index in [4.69, 9.17) is 10.3 Å². The molecule has 5 nitrogen and oxygen atoms in total. The zero-order chi connectivity index (χ0) is 14.8. The van der Waals surface area contributed by atoms with E-state index in [0.717, 1.165) is 39.7 Å². The molecule has 0 aliphatic carbocycles. The van der Waals surface area contributed by atoms with Crippen LogP contribution in [-0.4, -0.2) is 9.78 Å². The van der Waals surface area contributed by atoms with E-state index in [-0.39, 0.29) is 6.04 Å². The summed E-state index contributed by atoms with van der Waals surface area (Å²) in [5.74, 6) is 6.49. The van der Waals surface area contributed by atoms with Crippen LogP contribution >= 0.6 is 15.9 Å². The minimum absolute atomic E-state index is 0.213. The van der Waals surface area contributed by atoms with E-state index in [0.29, 0.717) is 0 Å². The Bertz CT molecular complexity index is 749. The van der Waals surface area contributed by atoms with E-state index in [1.54, 1.807) is 0 Å². The molecular formula is C15H17BrN4O. The highest BCUT2D eigenvalue weighted by atomic mass is 79.9. The summed E-state index contributed by atoms with van der Waals surface area (Å²) >= 11 is 3.50. The predicted octanol–water partition coefficient (Wildman–Crippen LogP) is 3.35. The maximum absolute atomic E-state index is 5.95. The Hall–Kier alpha value is -1.63. The zero-order valence-electron chi connectivity index (χ0n) is 11.7. The number of para-hydroxylation sites is 1. The molecule has 3 N–H and O–H groups in total. The minimum Gasteiger partial charge on any atom is -0.458 e. The fourth-order valence-electron chi connectivity index (χ4n) is 2.41. The van der Waals surface area contributed by atoms with Gasteiger partial charge in [0.25, 0.3) is 0 Å². The molecule has 1 atom stereocenters. The van der Waals surface area contributed by atoms with Crippen molar-refractivity contribution in [1.82, 2.24) is 15.2 Å². The van der Waals surface area contributed by atoms with Crippen LogP contribution in [0.2, 0.25) is 0 Å². The number of nitrogens with zero attached hydrogens (tertiary/aromatic N) is 2. The van der Waals surface area contributed by atoms with Gasteiger partial charge in [0.15, 0.2) is 0 Å². The molecule has 0 fully saturated rings. The van der Waals surface area contributed by atoms with Crippen LogP contribution in [0, 0.1) is 0 Å². The molecule has 0 spiro atoms. The van der Waals surface area contributed by atoms with Crippen LogP contribution in [0.25, 0.3) is 11.0 Å². The van der Waals surface area contributed by atoms with E-state index >= 15 is 0 Å². The molecule has 0 radical (unpaired) electrons. The van der Waals surface area contributed by atoms with Gasteiger partial charge in [0.05, 0.1) is 10.7 Å². The van der Waals surface area contributed by atoms with Gasteiger partial charge in [0.1, 0.15) is 17.4 Å². The summed E-state index contributed by atoms with van der Waals surface area (Å²) in [5, 5.41) is 5.38. The Morgan fingerprint density at radius 1 is 1.48 bits per heavy atom. The number of hydrogen-bond acceptors (Lipinski definition) is 4. The summed E-state index contributed by atoms with van der Waals surface area (Å²) in [6.07, 6.45) is 4.86. The van der Waals surface area contributed by atoms with Gasteiger partial charge in [-0.25, -0.2) is 5.43 Å². The fourth-order valence-corrected chi connectivity index (χ4v) is 2.87. The van der Waals surface area contributed by atoms with Gasteiger partial charge in [-0.05, 0) is 34.5 Å². The number of nitrogens with one attached hydrogen (secondary N) is 1. The lowest BCUT2D eigenvalue weighted by Gasteiger charge is -2.10. The Kier molecular flexibility index (Phi) is 4.10. The summed E-state index contributed by atoms with van der Waals surface area (Å²) < 4.78 is 8.80. The van der Waals surface area contributed by atoms with Crippen molar-refractivity contribution >= 4 is 26.9 Å². The average molecular weight is 349 g/mol. The SMILES string of the molecule is CCCn1cc(C(NN)c2cc3cccc(Br)c3o2)cn1. The van der Waals surface area contributed by atoms with Crippen LogP contribution in [0.5, 0.6) is 0 Å². The third-order valence-electron chi connectivity index (χ3n) is 3.41. The van der Waals surface area contributed by atoms with Gasteiger partial charge < -0.3 is 4.42 Å². The molecule has 110 valence electrons. The maximum atomic E-state index is 5.95. The van der Waals surface area contributed by atoms with Crippen molar-refractivity contribution in [3.8, 4) is 0 Å². The first kappa shape index (κ1) is 14.3. The average Bonchev–Trinajstić information content (AvgIpc) is 3.08. The van der Waals surface area contributed by atoms with Crippen molar-refractivity contribution in [1.29, 1.82) is 0 Å². The summed E-state index contributed by atoms with van der Waals surface area (Å²) in [7, 11) is 0. The van der Waals surface area contributed by atoms with Gasteiger partial charge in [0, 0.05) is 23.7 Å². The number of aromatic nitrogens is 2. The molecule has 3 aromatic rings. The summed E-state index contributed by atoms with van der Waals surface area (Å²) in [5.41, 5.74) is 4.62. The van der Waals surface area contributed by atoms with Crippen LogP contribution in [0.1, 0.15) is 30.7 Å². The molecule has 1 aromatic carbocycles. The molecule has 2 heterocycles. The van der Waals surface area contributed by atoms with Gasteiger partial charge in [-0.3, -0.25) is 10.5 Å². The number of furan rings is 1. The first-order valence-corrected chi connectivity index (χ1v) is 7.68. The van der Waals surface area contributed by atoms with Gasteiger partial charge in [0.2, 0.25) is 0 Å². The smallest absolute Gasteiger partial charge is 0.148 e. The van der Waals surface area contributed by atoms with Crippen LogP contribution in [0.3, 0.4) is 0 Å². The van der Waals surface area contributed by atoms with Crippen LogP contribution in [-0.2, 0) is 6.54 Å². The van der Waals surface area contributed by atoms with Crippen LogP contribution in [0.4, 0.5) is 0 Å². The lowest BCUT2D eigenvalue weighted by atomic mass is 10.1. The Labute approximate surface area is 131 Å². The lowest BCUT2D eigenvalue weighted by molar-refractivity contribution is 0.476. The quantitative estimate of drug-likeness (QED) is 0.548. The van der Waals surface area contributed by atoms with Crippen LogP contribution < -0.4 is 11.3 Å². The van der Waals surface area contributed by atoms with Crippen LogP contribution in [0.15, 0.2) is 45.5 Å². The van der Waals surface area contributed by atoms with Crippen molar-refractivity contribution in [2.24, 2.45) is 5.84 Å². The molecule has 0 saturated heterocycles. The standard InChI is InChI=1S/C15H17BrN4O/c1-2-6-20-9-11(8-18-20)14(19-17)13-7-10-4-3-5-12(16)15(10)21-13/h3-5,7-9,14,19H,2,6,17H2,1H3. The molecular weight excluding hydrogens is 332 g/mol. The monoisotopic (exact) mass is 348 g/mol. The largest absolute Gasteiger partial charge is 0.458 e. The Morgan fingerprint density at radius 3 is 3.05 bits per heavy atom. The lowest BCUT2D eigenvalue weighted by Crippen LogP contribution is -2.28. The highest BCUT2D eigenvalue weighted by molar-refractivity contribution is 9.10. The third kappa shape index (κ3) is 2.74. The number of rotatable bonds is 5. The molecule has 3 rings (SSSR count). The highest BCUT2D eigenvalue weighted by Crippen LogP contribution is 2.31. The summed E-state index contributed by atoms with van der Waals surface area (Å²) in [6, 6.07) is 7.74. The van der Waals surface area contributed by atoms with E-state index in [1.807, 2.05) is 41.3 Å². The molecule has 2 aromatic heterocycles. The number of hydrazine groups is 1. The van der Waals surface area contributed by atoms with Crippen molar-refractivity contribution in [3.05, 3.63) is 52.5 Å². The summed E-state index contributed by atoms with van der Waals surface area (Å²) in [4.78, 5) is 0. The number of nitrogens with two attached hydrogens (primary N) is 1. The second-order valence-corrected chi connectivity index (χ2v) is 5.80. The van der Waals surface area contributed by atoms with E-state index in [1.165, 1.54) is 0 Å². The molecule has 0 aliphatic rings. The number of hydrogen-bond donors (Lipinski definition) is 2. The summed E-state index contributed by atoms with van der Waals surface area (Å²) in [6.45, 7) is 3.01. The molecule has 0 bridgehead atoms. The first-order chi connectivity index (χ1) is 10.2. The van der Waals surface area contributed by atoms with Crippen molar-refractivity contribution in [2.75, 3.05) is 0 Å².